The molecule has 0 amide bonds. The molecule has 0 aliphatic carbocycles. The summed E-state index contributed by atoms with van der Waals surface area (Å²) in [4.78, 5) is 0.248. The van der Waals surface area contributed by atoms with E-state index in [-0.39, 0.29) is 4.83 Å². The quantitative estimate of drug-likeness (QED) is 0.576. The smallest absolute Gasteiger partial charge is 0.123 e. The zero-order chi connectivity index (χ0) is 14.5. The summed E-state index contributed by atoms with van der Waals surface area (Å²) < 4.78 is 6.85. The maximum Gasteiger partial charge on any atom is 0.123 e. The van der Waals surface area contributed by atoms with Crippen molar-refractivity contribution in [1.29, 1.82) is 0 Å². The molecule has 0 aliphatic rings. The molecule has 0 saturated heterocycles. The highest BCUT2D eigenvalue weighted by Gasteiger charge is 2.14. The summed E-state index contributed by atoms with van der Waals surface area (Å²) in [7, 11) is 0. The van der Waals surface area contributed by atoms with E-state index in [9.17, 15) is 0 Å². The highest BCUT2D eigenvalue weighted by Crippen LogP contribution is 2.35. The van der Waals surface area contributed by atoms with Crippen molar-refractivity contribution in [3.8, 4) is 5.75 Å². The third kappa shape index (κ3) is 4.10. The van der Waals surface area contributed by atoms with E-state index in [1.54, 1.807) is 0 Å². The van der Waals surface area contributed by atoms with Gasteiger partial charge in [0.2, 0.25) is 0 Å². The van der Waals surface area contributed by atoms with Gasteiger partial charge in [0.1, 0.15) is 5.75 Å². The Bertz CT molecular complexity index is 581. The average Bonchev–Trinajstić information content (AvgIpc) is 2.41. The van der Waals surface area contributed by atoms with Crippen molar-refractivity contribution in [2.75, 3.05) is 6.61 Å². The molecule has 0 fully saturated rings. The summed E-state index contributed by atoms with van der Waals surface area (Å²) in [6, 6.07) is 14.8. The molecule has 2 aromatic carbocycles. The molecule has 1 nitrogen and oxygen atoms in total. The molecule has 0 N–H and O–H groups in total. The molecular weight excluding hydrogens is 380 g/mol. The van der Waals surface area contributed by atoms with Crippen LogP contribution in [0.5, 0.6) is 5.75 Å². The highest BCUT2D eigenvalue weighted by atomic mass is 79.9. The second-order valence-corrected chi connectivity index (χ2v) is 6.80. The summed E-state index contributed by atoms with van der Waals surface area (Å²) >= 11 is 7.33. The van der Waals surface area contributed by atoms with Crippen LogP contribution in [0.25, 0.3) is 0 Å². The first-order valence-corrected chi connectivity index (χ1v) is 8.43. The maximum absolute atomic E-state index is 5.74. The highest BCUT2D eigenvalue weighted by molar-refractivity contribution is 9.10. The summed E-state index contributed by atoms with van der Waals surface area (Å²) in [6.45, 7) is 4.81. The van der Waals surface area contributed by atoms with Crippen LogP contribution in [-0.4, -0.2) is 6.61 Å². The first kappa shape index (κ1) is 15.6. The van der Waals surface area contributed by atoms with Crippen molar-refractivity contribution in [2.24, 2.45) is 0 Å². The number of halogens is 2. The molecule has 0 spiro atoms. The van der Waals surface area contributed by atoms with E-state index in [1.807, 2.05) is 13.0 Å². The second kappa shape index (κ2) is 7.28. The molecule has 0 aliphatic heterocycles. The first-order valence-electron chi connectivity index (χ1n) is 6.72. The number of aryl methyl sites for hydroxylation is 1. The molecule has 1 unspecified atom stereocenters. The van der Waals surface area contributed by atoms with Gasteiger partial charge in [-0.3, -0.25) is 0 Å². The maximum atomic E-state index is 5.74. The Morgan fingerprint density at radius 3 is 2.65 bits per heavy atom. The summed E-state index contributed by atoms with van der Waals surface area (Å²) in [5, 5.41) is 0. The normalized spacial score (nSPS) is 12.2. The van der Waals surface area contributed by atoms with Crippen LogP contribution in [0, 0.1) is 6.92 Å². The zero-order valence-electron chi connectivity index (χ0n) is 11.7. The van der Waals surface area contributed by atoms with Crippen molar-refractivity contribution < 1.29 is 4.74 Å². The van der Waals surface area contributed by atoms with E-state index < -0.39 is 0 Å². The molecule has 3 heteroatoms. The minimum Gasteiger partial charge on any atom is -0.494 e. The second-order valence-electron chi connectivity index (χ2n) is 4.78. The van der Waals surface area contributed by atoms with E-state index in [0.717, 1.165) is 16.6 Å². The Hall–Kier alpha value is -0.800. The molecule has 0 radical (unpaired) electrons. The number of rotatable bonds is 5. The van der Waals surface area contributed by atoms with E-state index in [0.29, 0.717) is 6.61 Å². The molecule has 20 heavy (non-hydrogen) atoms. The van der Waals surface area contributed by atoms with Gasteiger partial charge in [0, 0.05) is 14.9 Å². The van der Waals surface area contributed by atoms with Gasteiger partial charge in [-0.15, -0.1) is 0 Å². The van der Waals surface area contributed by atoms with Crippen LogP contribution >= 0.6 is 31.9 Å². The molecule has 0 aromatic heterocycles. The van der Waals surface area contributed by atoms with Crippen LogP contribution in [0.2, 0.25) is 0 Å². The lowest BCUT2D eigenvalue weighted by atomic mass is 10.0. The van der Waals surface area contributed by atoms with Crippen molar-refractivity contribution >= 4 is 31.9 Å². The molecule has 0 saturated carbocycles. The number of hydrogen-bond acceptors (Lipinski definition) is 1. The fraction of sp³-hybridized carbons (Fsp3) is 0.294. The molecular formula is C17H18Br2O. The summed E-state index contributed by atoms with van der Waals surface area (Å²) in [5.41, 5.74) is 3.76. The van der Waals surface area contributed by atoms with Crippen molar-refractivity contribution in [3.05, 3.63) is 63.6 Å². The van der Waals surface area contributed by atoms with Gasteiger partial charge in [-0.05, 0) is 44.0 Å². The Kier molecular flexibility index (Phi) is 5.67. The Morgan fingerprint density at radius 1 is 1.15 bits per heavy atom. The van der Waals surface area contributed by atoms with Crippen molar-refractivity contribution in [2.45, 2.75) is 25.1 Å². The predicted octanol–water partition coefficient (Wildman–Crippen LogP) is 5.83. The van der Waals surface area contributed by atoms with E-state index >= 15 is 0 Å². The van der Waals surface area contributed by atoms with Crippen molar-refractivity contribution in [3.63, 3.8) is 0 Å². The van der Waals surface area contributed by atoms with E-state index in [4.69, 9.17) is 4.74 Å². The van der Waals surface area contributed by atoms with Crippen LogP contribution in [0.1, 0.15) is 28.4 Å². The van der Waals surface area contributed by atoms with Crippen LogP contribution in [-0.2, 0) is 6.42 Å². The average molecular weight is 398 g/mol. The topological polar surface area (TPSA) is 9.23 Å². The Labute approximate surface area is 137 Å². The molecule has 2 aromatic rings. The summed E-state index contributed by atoms with van der Waals surface area (Å²) in [6.07, 6.45) is 0.933. The fourth-order valence-corrected chi connectivity index (χ4v) is 3.36. The van der Waals surface area contributed by atoms with E-state index in [1.165, 1.54) is 16.7 Å². The lowest BCUT2D eigenvalue weighted by Crippen LogP contribution is -2.01. The van der Waals surface area contributed by atoms with Gasteiger partial charge in [0.25, 0.3) is 0 Å². The van der Waals surface area contributed by atoms with Crippen molar-refractivity contribution in [1.82, 2.24) is 0 Å². The Balaban J connectivity index is 2.23. The lowest BCUT2D eigenvalue weighted by Gasteiger charge is -2.16. The third-order valence-corrected chi connectivity index (χ3v) is 4.42. The molecule has 1 atom stereocenters. The number of ether oxygens (including phenoxy) is 1. The van der Waals surface area contributed by atoms with Crippen LogP contribution < -0.4 is 4.74 Å². The third-order valence-electron chi connectivity index (χ3n) is 3.11. The fourth-order valence-electron chi connectivity index (χ4n) is 2.18. The lowest BCUT2D eigenvalue weighted by molar-refractivity contribution is 0.336. The summed E-state index contributed by atoms with van der Waals surface area (Å²) in [5.74, 6) is 0.968. The van der Waals surface area contributed by atoms with Gasteiger partial charge < -0.3 is 4.74 Å². The minimum absolute atomic E-state index is 0.248. The van der Waals surface area contributed by atoms with Gasteiger partial charge >= 0.3 is 0 Å². The van der Waals surface area contributed by atoms with Gasteiger partial charge in [0.15, 0.2) is 0 Å². The van der Waals surface area contributed by atoms with E-state index in [2.05, 4.69) is 75.2 Å². The van der Waals surface area contributed by atoms with Gasteiger partial charge in [-0.1, -0.05) is 61.7 Å². The first-order chi connectivity index (χ1) is 9.60. The molecule has 106 valence electrons. The Morgan fingerprint density at radius 2 is 1.95 bits per heavy atom. The largest absolute Gasteiger partial charge is 0.494 e. The van der Waals surface area contributed by atoms with Crippen LogP contribution in [0.4, 0.5) is 0 Å². The van der Waals surface area contributed by atoms with Crippen LogP contribution in [0.3, 0.4) is 0 Å². The molecule has 0 heterocycles. The van der Waals surface area contributed by atoms with Gasteiger partial charge in [0.05, 0.1) is 6.61 Å². The number of benzene rings is 2. The molecule has 0 bridgehead atoms. The van der Waals surface area contributed by atoms with Crippen LogP contribution in [0.15, 0.2) is 46.9 Å². The predicted molar refractivity (Wildman–Crippen MR) is 91.9 cm³/mol. The number of hydrogen-bond donors (Lipinski definition) is 0. The van der Waals surface area contributed by atoms with Gasteiger partial charge in [-0.2, -0.15) is 0 Å². The zero-order valence-corrected chi connectivity index (χ0v) is 14.9. The molecule has 2 rings (SSSR count). The monoisotopic (exact) mass is 396 g/mol. The SMILES string of the molecule is CCOc1ccc(C)cc1C(Br)Cc1cccc(Br)c1. The van der Waals surface area contributed by atoms with Gasteiger partial charge in [-0.25, -0.2) is 0 Å². The minimum atomic E-state index is 0.248. The standard InChI is InChI=1S/C17H18Br2O/c1-3-20-17-8-7-12(2)9-15(17)16(19)11-13-5-4-6-14(18)10-13/h4-10,16H,3,11H2,1-2H3. The number of alkyl halides is 1.